The van der Waals surface area contributed by atoms with Gasteiger partial charge in [-0.15, -0.1) is 0 Å². The summed E-state index contributed by atoms with van der Waals surface area (Å²) >= 11 is 0. The average Bonchev–Trinajstić information content (AvgIpc) is 3.02. The van der Waals surface area contributed by atoms with Crippen LogP contribution in [0.25, 0.3) is 0 Å². The number of carbonyl (C=O) groups is 2. The van der Waals surface area contributed by atoms with E-state index in [1.807, 2.05) is 10.8 Å². The zero-order valence-electron chi connectivity index (χ0n) is 10.9. The number of fused-ring (bicyclic) bond motifs is 1. The molecule has 3 heterocycles. The first-order valence-electron chi connectivity index (χ1n) is 6.12. The summed E-state index contributed by atoms with van der Waals surface area (Å²) in [4.78, 5) is 29.4. The highest BCUT2D eigenvalue weighted by Gasteiger charge is 2.28. The zero-order valence-corrected chi connectivity index (χ0v) is 10.9. The Kier molecular flexibility index (Phi) is 2.78. The summed E-state index contributed by atoms with van der Waals surface area (Å²) in [5.41, 5.74) is 0.0175. The maximum atomic E-state index is 12.4. The topological polar surface area (TPSA) is 93.3 Å². The molecule has 0 saturated heterocycles. The summed E-state index contributed by atoms with van der Waals surface area (Å²) in [7, 11) is 1.50. The van der Waals surface area contributed by atoms with E-state index in [2.05, 4.69) is 10.1 Å². The van der Waals surface area contributed by atoms with Crippen molar-refractivity contribution in [3.05, 3.63) is 35.7 Å². The van der Waals surface area contributed by atoms with Gasteiger partial charge in [0.1, 0.15) is 5.82 Å². The van der Waals surface area contributed by atoms with Crippen LogP contribution in [0.3, 0.4) is 0 Å². The average molecular weight is 275 g/mol. The van der Waals surface area contributed by atoms with Crippen molar-refractivity contribution in [3.8, 4) is 0 Å². The fourth-order valence-electron chi connectivity index (χ4n) is 2.36. The molecule has 1 aliphatic rings. The van der Waals surface area contributed by atoms with Crippen molar-refractivity contribution in [3.63, 3.8) is 0 Å². The SMILES string of the molecule is Cn1ncc(C(=O)N2CCn3ccnc3C2)c1C(=O)O. The zero-order chi connectivity index (χ0) is 14.3. The minimum Gasteiger partial charge on any atom is -0.477 e. The van der Waals surface area contributed by atoms with E-state index < -0.39 is 5.97 Å². The van der Waals surface area contributed by atoms with E-state index in [1.165, 1.54) is 17.9 Å². The van der Waals surface area contributed by atoms with Crippen LogP contribution in [0.4, 0.5) is 0 Å². The molecule has 0 aromatic carbocycles. The Morgan fingerprint density at radius 3 is 2.90 bits per heavy atom. The van der Waals surface area contributed by atoms with Crippen LogP contribution >= 0.6 is 0 Å². The molecular formula is C12H13N5O3. The quantitative estimate of drug-likeness (QED) is 0.830. The molecule has 1 amide bonds. The van der Waals surface area contributed by atoms with Crippen molar-refractivity contribution in [2.75, 3.05) is 6.54 Å². The van der Waals surface area contributed by atoms with Crippen LogP contribution in [0.5, 0.6) is 0 Å². The van der Waals surface area contributed by atoms with E-state index in [1.54, 1.807) is 11.1 Å². The molecule has 0 unspecified atom stereocenters. The van der Waals surface area contributed by atoms with Gasteiger partial charge in [-0.3, -0.25) is 9.48 Å². The van der Waals surface area contributed by atoms with E-state index in [0.29, 0.717) is 19.6 Å². The molecule has 0 spiro atoms. The predicted molar refractivity (Wildman–Crippen MR) is 67.1 cm³/mol. The first-order valence-corrected chi connectivity index (χ1v) is 6.12. The van der Waals surface area contributed by atoms with Crippen molar-refractivity contribution >= 4 is 11.9 Å². The lowest BCUT2D eigenvalue weighted by atomic mass is 10.2. The van der Waals surface area contributed by atoms with Crippen LogP contribution in [0, 0.1) is 0 Å². The van der Waals surface area contributed by atoms with Gasteiger partial charge in [0.2, 0.25) is 0 Å². The molecule has 1 aliphatic heterocycles. The van der Waals surface area contributed by atoms with Gasteiger partial charge >= 0.3 is 5.97 Å². The number of nitrogens with zero attached hydrogens (tertiary/aromatic N) is 5. The Bertz CT molecular complexity index is 687. The van der Waals surface area contributed by atoms with Crippen LogP contribution in [0.1, 0.15) is 26.7 Å². The first-order chi connectivity index (χ1) is 9.58. The Morgan fingerprint density at radius 2 is 2.15 bits per heavy atom. The van der Waals surface area contributed by atoms with Crippen molar-refractivity contribution in [1.82, 2.24) is 24.2 Å². The number of imidazole rings is 1. The second kappa shape index (κ2) is 4.48. The smallest absolute Gasteiger partial charge is 0.354 e. The van der Waals surface area contributed by atoms with Gasteiger partial charge in [-0.25, -0.2) is 9.78 Å². The van der Waals surface area contributed by atoms with E-state index in [-0.39, 0.29) is 17.2 Å². The molecule has 8 heteroatoms. The molecule has 0 aliphatic carbocycles. The van der Waals surface area contributed by atoms with Crippen LogP contribution in [-0.4, -0.2) is 47.8 Å². The lowest BCUT2D eigenvalue weighted by molar-refractivity contribution is 0.0652. The maximum absolute atomic E-state index is 12.4. The summed E-state index contributed by atoms with van der Waals surface area (Å²) in [6.07, 6.45) is 4.85. The van der Waals surface area contributed by atoms with Crippen LogP contribution in [0.2, 0.25) is 0 Å². The van der Waals surface area contributed by atoms with Gasteiger partial charge in [-0.05, 0) is 0 Å². The van der Waals surface area contributed by atoms with Gasteiger partial charge in [0.05, 0.1) is 18.3 Å². The maximum Gasteiger partial charge on any atom is 0.354 e. The van der Waals surface area contributed by atoms with E-state index in [9.17, 15) is 9.59 Å². The number of carboxylic acid groups (broad SMARTS) is 1. The molecule has 8 nitrogen and oxygen atoms in total. The molecule has 0 bridgehead atoms. The minimum absolute atomic E-state index is 0.0936. The Hall–Kier alpha value is -2.64. The summed E-state index contributed by atoms with van der Waals surface area (Å²) in [6, 6.07) is 0. The third-order valence-corrected chi connectivity index (χ3v) is 3.40. The Labute approximate surface area is 114 Å². The molecule has 0 fully saturated rings. The van der Waals surface area contributed by atoms with E-state index in [4.69, 9.17) is 5.11 Å². The fourth-order valence-corrected chi connectivity index (χ4v) is 2.36. The van der Waals surface area contributed by atoms with Gasteiger partial charge < -0.3 is 14.6 Å². The number of carboxylic acids is 1. The highest BCUT2D eigenvalue weighted by atomic mass is 16.4. The Balaban J connectivity index is 1.89. The molecule has 0 radical (unpaired) electrons. The van der Waals surface area contributed by atoms with Crippen molar-refractivity contribution < 1.29 is 14.7 Å². The summed E-state index contributed by atoms with van der Waals surface area (Å²) in [5.74, 6) is -0.693. The summed E-state index contributed by atoms with van der Waals surface area (Å²) in [5, 5.41) is 13.0. The number of carbonyl (C=O) groups excluding carboxylic acids is 1. The molecule has 0 atom stereocenters. The molecule has 0 saturated carbocycles. The highest BCUT2D eigenvalue weighted by molar-refractivity contribution is 6.03. The van der Waals surface area contributed by atoms with E-state index in [0.717, 1.165) is 5.82 Å². The largest absolute Gasteiger partial charge is 0.477 e. The summed E-state index contributed by atoms with van der Waals surface area (Å²) < 4.78 is 3.17. The number of rotatable bonds is 2. The van der Waals surface area contributed by atoms with Gasteiger partial charge in [0.15, 0.2) is 5.69 Å². The van der Waals surface area contributed by atoms with Crippen molar-refractivity contribution in [2.24, 2.45) is 7.05 Å². The predicted octanol–water partition coefficient (Wildman–Crippen LogP) is -0.0292. The fraction of sp³-hybridized carbons (Fsp3) is 0.333. The monoisotopic (exact) mass is 275 g/mol. The van der Waals surface area contributed by atoms with Gasteiger partial charge in [0.25, 0.3) is 5.91 Å². The van der Waals surface area contributed by atoms with Crippen LogP contribution < -0.4 is 0 Å². The molecule has 104 valence electrons. The second-order valence-electron chi connectivity index (χ2n) is 4.60. The molecule has 2 aromatic rings. The minimum atomic E-state index is -1.16. The second-order valence-corrected chi connectivity index (χ2v) is 4.60. The van der Waals surface area contributed by atoms with Crippen LogP contribution in [0.15, 0.2) is 18.6 Å². The van der Waals surface area contributed by atoms with Crippen LogP contribution in [-0.2, 0) is 20.1 Å². The molecule has 20 heavy (non-hydrogen) atoms. The third kappa shape index (κ3) is 1.85. The van der Waals surface area contributed by atoms with Crippen molar-refractivity contribution in [2.45, 2.75) is 13.1 Å². The van der Waals surface area contributed by atoms with E-state index >= 15 is 0 Å². The lowest BCUT2D eigenvalue weighted by Crippen LogP contribution is -2.38. The van der Waals surface area contributed by atoms with Gasteiger partial charge in [-0.2, -0.15) is 5.10 Å². The lowest BCUT2D eigenvalue weighted by Gasteiger charge is -2.27. The number of aryl methyl sites for hydroxylation is 1. The highest BCUT2D eigenvalue weighted by Crippen LogP contribution is 2.16. The summed E-state index contributed by atoms with van der Waals surface area (Å²) in [6.45, 7) is 1.56. The van der Waals surface area contributed by atoms with Gasteiger partial charge in [-0.1, -0.05) is 0 Å². The molecule has 2 aromatic heterocycles. The normalized spacial score (nSPS) is 14.2. The third-order valence-electron chi connectivity index (χ3n) is 3.40. The molecule has 3 rings (SSSR count). The number of hydrogen-bond acceptors (Lipinski definition) is 4. The number of amides is 1. The number of aromatic carboxylic acids is 1. The number of aromatic nitrogens is 4. The molecular weight excluding hydrogens is 262 g/mol. The molecule has 1 N–H and O–H groups in total. The Morgan fingerprint density at radius 1 is 1.35 bits per heavy atom. The first kappa shape index (κ1) is 12.4. The van der Waals surface area contributed by atoms with Crippen molar-refractivity contribution in [1.29, 1.82) is 0 Å². The van der Waals surface area contributed by atoms with Gasteiger partial charge in [0, 0.05) is 32.5 Å². The number of hydrogen-bond donors (Lipinski definition) is 1. The standard InChI is InChI=1S/C12H13N5O3/c1-15-10(12(19)20)8(6-14-15)11(18)17-5-4-16-3-2-13-9(16)7-17/h2-3,6H,4-5,7H2,1H3,(H,19,20).